The number of aliphatic carboxylic acids is 1. The number of aromatic nitrogens is 1. The highest BCUT2D eigenvalue weighted by atomic mass is 32.1. The van der Waals surface area contributed by atoms with Gasteiger partial charge in [0.15, 0.2) is 0 Å². The molecule has 0 aromatic carbocycles. The minimum atomic E-state index is -0.835. The Bertz CT molecular complexity index is 555. The van der Waals surface area contributed by atoms with E-state index in [1.54, 1.807) is 11.8 Å². The van der Waals surface area contributed by atoms with E-state index in [1.165, 1.54) is 11.3 Å². The van der Waals surface area contributed by atoms with Crippen LogP contribution in [-0.2, 0) is 11.2 Å². The summed E-state index contributed by atoms with van der Waals surface area (Å²) in [6.07, 6.45) is 3.23. The number of likely N-dealkylation sites (tertiary alicyclic amines) is 1. The van der Waals surface area contributed by atoms with Crippen LogP contribution in [0, 0.1) is 12.3 Å². The van der Waals surface area contributed by atoms with E-state index in [9.17, 15) is 14.7 Å². The zero-order valence-corrected chi connectivity index (χ0v) is 13.6. The summed E-state index contributed by atoms with van der Waals surface area (Å²) >= 11 is 1.44. The number of carboxylic acids is 1. The molecular weight excluding hydrogens is 288 g/mol. The highest BCUT2D eigenvalue weighted by Gasteiger charge is 2.40. The zero-order chi connectivity index (χ0) is 15.6. The van der Waals surface area contributed by atoms with Crippen molar-refractivity contribution < 1.29 is 14.7 Å². The van der Waals surface area contributed by atoms with Crippen LogP contribution in [-0.4, -0.2) is 40.0 Å². The smallest absolute Gasteiger partial charge is 0.311 e. The van der Waals surface area contributed by atoms with E-state index >= 15 is 0 Å². The van der Waals surface area contributed by atoms with Crippen molar-refractivity contribution in [3.8, 4) is 0 Å². The summed E-state index contributed by atoms with van der Waals surface area (Å²) in [7, 11) is 0. The van der Waals surface area contributed by atoms with Crippen LogP contribution in [0.3, 0.4) is 0 Å². The number of hydrogen-bond donors (Lipinski definition) is 1. The van der Waals surface area contributed by atoms with Crippen LogP contribution in [0.15, 0.2) is 0 Å². The molecule has 0 saturated carbocycles. The molecule has 5 nitrogen and oxygen atoms in total. The topological polar surface area (TPSA) is 70.5 Å². The van der Waals surface area contributed by atoms with E-state index in [2.05, 4.69) is 11.9 Å². The maximum Gasteiger partial charge on any atom is 0.311 e. The van der Waals surface area contributed by atoms with Crippen molar-refractivity contribution in [1.29, 1.82) is 0 Å². The molecule has 0 radical (unpaired) electrons. The molecule has 1 fully saturated rings. The number of amides is 1. The molecule has 1 N–H and O–H groups in total. The SMILES string of the molecule is CCCc1nc(C)c(C(=O)N2CCCC(C)(C(=O)O)C2)s1. The fourth-order valence-corrected chi connectivity index (χ4v) is 3.84. The lowest BCUT2D eigenvalue weighted by Crippen LogP contribution is -2.48. The molecule has 1 aliphatic rings. The van der Waals surface area contributed by atoms with E-state index in [4.69, 9.17) is 0 Å². The van der Waals surface area contributed by atoms with Gasteiger partial charge in [-0.25, -0.2) is 4.98 Å². The van der Waals surface area contributed by atoms with Crippen LogP contribution >= 0.6 is 11.3 Å². The standard InChI is InChI=1S/C15H22N2O3S/c1-4-6-11-16-10(2)12(21-11)13(18)17-8-5-7-15(3,9-17)14(19)20/h4-9H2,1-3H3,(H,19,20). The zero-order valence-electron chi connectivity index (χ0n) is 12.8. The molecule has 2 rings (SSSR count). The quantitative estimate of drug-likeness (QED) is 0.928. The fourth-order valence-electron chi connectivity index (χ4n) is 2.70. The van der Waals surface area contributed by atoms with E-state index < -0.39 is 11.4 Å². The monoisotopic (exact) mass is 310 g/mol. The molecule has 1 aromatic rings. The molecule has 0 bridgehead atoms. The van der Waals surface area contributed by atoms with Crippen LogP contribution in [0.1, 0.15) is 53.5 Å². The second-order valence-corrected chi connectivity index (χ2v) is 7.05. The third-order valence-electron chi connectivity index (χ3n) is 4.00. The molecule has 21 heavy (non-hydrogen) atoms. The minimum absolute atomic E-state index is 0.0699. The van der Waals surface area contributed by atoms with Crippen molar-refractivity contribution in [2.24, 2.45) is 5.41 Å². The summed E-state index contributed by atoms with van der Waals surface area (Å²) in [5, 5.41) is 10.3. The van der Waals surface area contributed by atoms with E-state index in [0.717, 1.165) is 30.0 Å². The highest BCUT2D eigenvalue weighted by Crippen LogP contribution is 2.31. The van der Waals surface area contributed by atoms with Gasteiger partial charge in [0.25, 0.3) is 5.91 Å². The van der Waals surface area contributed by atoms with Gasteiger partial charge in [0.05, 0.1) is 16.1 Å². The normalized spacial score (nSPS) is 22.3. The number of carbonyl (C=O) groups excluding carboxylic acids is 1. The van der Waals surface area contributed by atoms with Crippen molar-refractivity contribution >= 4 is 23.2 Å². The molecule has 1 aromatic heterocycles. The number of aryl methyl sites for hydroxylation is 2. The van der Waals surface area contributed by atoms with Gasteiger partial charge in [-0.1, -0.05) is 6.92 Å². The molecular formula is C15H22N2O3S. The Balaban J connectivity index is 2.18. The van der Waals surface area contributed by atoms with Gasteiger partial charge in [-0.3, -0.25) is 9.59 Å². The second kappa shape index (κ2) is 6.13. The summed E-state index contributed by atoms with van der Waals surface area (Å²) < 4.78 is 0. The van der Waals surface area contributed by atoms with Gasteiger partial charge in [-0.05, 0) is 39.5 Å². The van der Waals surface area contributed by atoms with Crippen LogP contribution in [0.5, 0.6) is 0 Å². The van der Waals surface area contributed by atoms with Crippen molar-refractivity contribution in [1.82, 2.24) is 9.88 Å². The Morgan fingerprint density at radius 1 is 1.48 bits per heavy atom. The molecule has 1 atom stereocenters. The van der Waals surface area contributed by atoms with Crippen LogP contribution in [0.2, 0.25) is 0 Å². The van der Waals surface area contributed by atoms with E-state index in [1.807, 2.05) is 6.92 Å². The lowest BCUT2D eigenvalue weighted by atomic mass is 9.82. The average molecular weight is 310 g/mol. The summed E-state index contributed by atoms with van der Waals surface area (Å²) in [6.45, 7) is 6.56. The predicted octanol–water partition coefficient (Wildman–Crippen LogP) is 2.73. The second-order valence-electron chi connectivity index (χ2n) is 5.97. The van der Waals surface area contributed by atoms with Gasteiger partial charge in [0.2, 0.25) is 0 Å². The number of hydrogen-bond acceptors (Lipinski definition) is 4. The average Bonchev–Trinajstić information content (AvgIpc) is 2.79. The first-order chi connectivity index (χ1) is 9.87. The van der Waals surface area contributed by atoms with Gasteiger partial charge in [-0.15, -0.1) is 11.3 Å². The molecule has 1 amide bonds. The van der Waals surface area contributed by atoms with Gasteiger partial charge < -0.3 is 10.0 Å². The van der Waals surface area contributed by atoms with E-state index in [-0.39, 0.29) is 12.5 Å². The first-order valence-corrected chi connectivity index (χ1v) is 8.18. The fraction of sp³-hybridized carbons (Fsp3) is 0.667. The molecule has 0 spiro atoms. The largest absolute Gasteiger partial charge is 0.481 e. The lowest BCUT2D eigenvalue weighted by Gasteiger charge is -2.37. The van der Waals surface area contributed by atoms with Crippen LogP contribution in [0.25, 0.3) is 0 Å². The first-order valence-electron chi connectivity index (χ1n) is 7.36. The number of carbonyl (C=O) groups is 2. The predicted molar refractivity (Wildman–Crippen MR) is 81.7 cm³/mol. The Hall–Kier alpha value is -1.43. The van der Waals surface area contributed by atoms with Gasteiger partial charge in [0, 0.05) is 13.1 Å². The number of rotatable bonds is 4. The Kier molecular flexibility index (Phi) is 4.66. The molecule has 2 heterocycles. The maximum absolute atomic E-state index is 12.7. The Morgan fingerprint density at radius 3 is 2.81 bits per heavy atom. The Morgan fingerprint density at radius 2 is 2.19 bits per heavy atom. The third kappa shape index (κ3) is 3.26. The van der Waals surface area contributed by atoms with Gasteiger partial charge >= 0.3 is 5.97 Å². The molecule has 1 unspecified atom stereocenters. The van der Waals surface area contributed by atoms with Crippen molar-refractivity contribution in [2.45, 2.75) is 46.5 Å². The van der Waals surface area contributed by atoms with Crippen molar-refractivity contribution in [3.63, 3.8) is 0 Å². The van der Waals surface area contributed by atoms with Crippen molar-refractivity contribution in [2.75, 3.05) is 13.1 Å². The molecule has 1 saturated heterocycles. The first kappa shape index (κ1) is 15.9. The summed E-state index contributed by atoms with van der Waals surface area (Å²) in [4.78, 5) is 30.8. The summed E-state index contributed by atoms with van der Waals surface area (Å²) in [5.74, 6) is -0.896. The molecule has 116 valence electrons. The number of piperidine rings is 1. The highest BCUT2D eigenvalue weighted by molar-refractivity contribution is 7.13. The minimum Gasteiger partial charge on any atom is -0.481 e. The lowest BCUT2D eigenvalue weighted by molar-refractivity contribution is -0.150. The van der Waals surface area contributed by atoms with Crippen LogP contribution < -0.4 is 0 Å². The van der Waals surface area contributed by atoms with Crippen LogP contribution in [0.4, 0.5) is 0 Å². The maximum atomic E-state index is 12.7. The summed E-state index contributed by atoms with van der Waals surface area (Å²) in [5.41, 5.74) is -0.0743. The number of thiazole rings is 1. The third-order valence-corrected chi connectivity index (χ3v) is 5.20. The van der Waals surface area contributed by atoms with Gasteiger partial charge in [0.1, 0.15) is 4.88 Å². The molecule has 0 aliphatic carbocycles. The van der Waals surface area contributed by atoms with Crippen molar-refractivity contribution in [3.05, 3.63) is 15.6 Å². The van der Waals surface area contributed by atoms with Gasteiger partial charge in [-0.2, -0.15) is 0 Å². The Labute approximate surface area is 129 Å². The summed E-state index contributed by atoms with van der Waals surface area (Å²) in [6, 6.07) is 0. The number of carboxylic acid groups (broad SMARTS) is 1. The molecule has 6 heteroatoms. The molecule has 1 aliphatic heterocycles. The van der Waals surface area contributed by atoms with E-state index in [0.29, 0.717) is 17.8 Å². The number of nitrogens with zero attached hydrogens (tertiary/aromatic N) is 2.